The zero-order valence-corrected chi connectivity index (χ0v) is 13.3. The number of anilines is 1. The summed E-state index contributed by atoms with van der Waals surface area (Å²) in [5.41, 5.74) is 3.72. The van der Waals surface area contributed by atoms with Crippen LogP contribution in [0, 0.1) is 13.8 Å². The van der Waals surface area contributed by atoms with E-state index in [0.29, 0.717) is 0 Å². The Morgan fingerprint density at radius 2 is 1.61 bits per heavy atom. The number of benzene rings is 2. The summed E-state index contributed by atoms with van der Waals surface area (Å²) < 4.78 is 0. The molecule has 0 unspecified atom stereocenters. The molecule has 0 aliphatic rings. The number of carbonyl (C=O) groups excluding carboxylic acids is 2. The molecule has 0 aliphatic carbocycles. The highest BCUT2D eigenvalue weighted by Gasteiger charge is 2.07. The Morgan fingerprint density at radius 3 is 2.26 bits per heavy atom. The number of hydrogen-bond donors (Lipinski definition) is 2. The van der Waals surface area contributed by atoms with Crippen molar-refractivity contribution in [1.29, 1.82) is 0 Å². The van der Waals surface area contributed by atoms with E-state index in [4.69, 9.17) is 0 Å². The molecule has 4 nitrogen and oxygen atoms in total. The van der Waals surface area contributed by atoms with Gasteiger partial charge in [0.2, 0.25) is 11.8 Å². The van der Waals surface area contributed by atoms with Crippen molar-refractivity contribution in [2.75, 3.05) is 11.9 Å². The van der Waals surface area contributed by atoms with Crippen LogP contribution in [0.2, 0.25) is 0 Å². The molecule has 23 heavy (non-hydrogen) atoms. The molecule has 2 rings (SSSR count). The van der Waals surface area contributed by atoms with E-state index in [1.165, 1.54) is 6.08 Å². The molecule has 2 N–H and O–H groups in total. The van der Waals surface area contributed by atoms with Crippen molar-refractivity contribution in [3.8, 4) is 0 Å². The maximum atomic E-state index is 11.9. The van der Waals surface area contributed by atoms with E-state index in [9.17, 15) is 9.59 Å². The van der Waals surface area contributed by atoms with Crippen LogP contribution in [-0.2, 0) is 9.59 Å². The second kappa shape index (κ2) is 7.94. The van der Waals surface area contributed by atoms with Gasteiger partial charge in [0, 0.05) is 11.8 Å². The quantitative estimate of drug-likeness (QED) is 0.834. The van der Waals surface area contributed by atoms with E-state index in [-0.39, 0.29) is 18.4 Å². The van der Waals surface area contributed by atoms with Gasteiger partial charge in [0.25, 0.3) is 0 Å². The Morgan fingerprint density at radius 1 is 0.957 bits per heavy atom. The molecule has 118 valence electrons. The van der Waals surface area contributed by atoms with Crippen LogP contribution < -0.4 is 10.6 Å². The first-order valence-electron chi connectivity index (χ1n) is 7.43. The lowest BCUT2D eigenvalue weighted by molar-refractivity contribution is -0.121. The van der Waals surface area contributed by atoms with E-state index in [1.807, 2.05) is 62.4 Å². The first-order chi connectivity index (χ1) is 11.1. The molecule has 4 heteroatoms. The van der Waals surface area contributed by atoms with Gasteiger partial charge in [-0.25, -0.2) is 0 Å². The van der Waals surface area contributed by atoms with Crippen molar-refractivity contribution in [3.05, 3.63) is 71.3 Å². The third-order valence-electron chi connectivity index (χ3n) is 3.40. The molecular formula is C19H20N2O2. The summed E-state index contributed by atoms with van der Waals surface area (Å²) in [6.45, 7) is 3.80. The van der Waals surface area contributed by atoms with Crippen molar-refractivity contribution in [2.24, 2.45) is 0 Å². The minimum absolute atomic E-state index is 0.0638. The topological polar surface area (TPSA) is 58.2 Å². The number of hydrogen-bond acceptors (Lipinski definition) is 2. The van der Waals surface area contributed by atoms with Gasteiger partial charge in [-0.3, -0.25) is 9.59 Å². The smallest absolute Gasteiger partial charge is 0.244 e. The average molecular weight is 308 g/mol. The van der Waals surface area contributed by atoms with Crippen LogP contribution in [0.4, 0.5) is 5.69 Å². The van der Waals surface area contributed by atoms with E-state index >= 15 is 0 Å². The molecule has 0 aromatic heterocycles. The lowest BCUT2D eigenvalue weighted by Crippen LogP contribution is -2.32. The van der Waals surface area contributed by atoms with Gasteiger partial charge < -0.3 is 10.6 Å². The third-order valence-corrected chi connectivity index (χ3v) is 3.40. The predicted octanol–water partition coefficient (Wildman–Crippen LogP) is 3.07. The monoisotopic (exact) mass is 308 g/mol. The Kier molecular flexibility index (Phi) is 5.69. The van der Waals surface area contributed by atoms with Crippen LogP contribution in [-0.4, -0.2) is 18.4 Å². The molecule has 0 atom stereocenters. The molecular weight excluding hydrogens is 288 g/mol. The van der Waals surface area contributed by atoms with Crippen LogP contribution in [0.15, 0.2) is 54.6 Å². The Balaban J connectivity index is 1.85. The van der Waals surface area contributed by atoms with Gasteiger partial charge >= 0.3 is 0 Å². The second-order valence-electron chi connectivity index (χ2n) is 5.28. The van der Waals surface area contributed by atoms with Crippen LogP contribution in [0.3, 0.4) is 0 Å². The van der Waals surface area contributed by atoms with Crippen molar-refractivity contribution in [1.82, 2.24) is 5.32 Å². The zero-order chi connectivity index (χ0) is 16.7. The fourth-order valence-electron chi connectivity index (χ4n) is 2.16. The number of amides is 2. The third kappa shape index (κ3) is 5.11. The zero-order valence-electron chi connectivity index (χ0n) is 13.3. The molecule has 0 spiro atoms. The van der Waals surface area contributed by atoms with E-state index < -0.39 is 0 Å². The summed E-state index contributed by atoms with van der Waals surface area (Å²) in [4.78, 5) is 23.7. The summed E-state index contributed by atoms with van der Waals surface area (Å²) in [6, 6.07) is 15.3. The Bertz CT molecular complexity index is 701. The number of para-hydroxylation sites is 1. The maximum absolute atomic E-state index is 11.9. The first-order valence-corrected chi connectivity index (χ1v) is 7.43. The molecule has 0 saturated carbocycles. The summed E-state index contributed by atoms with van der Waals surface area (Å²) >= 11 is 0. The maximum Gasteiger partial charge on any atom is 0.244 e. The van der Waals surface area contributed by atoms with Gasteiger partial charge in [0.05, 0.1) is 6.54 Å². The standard InChI is InChI=1S/C19H20N2O2/c1-14-7-6-8-15(2)19(14)21-18(23)13-20-17(22)12-11-16-9-4-3-5-10-16/h3-12H,13H2,1-2H3,(H,20,22)(H,21,23)/b12-11+. The van der Waals surface area contributed by atoms with E-state index in [2.05, 4.69) is 10.6 Å². The van der Waals surface area contributed by atoms with Crippen molar-refractivity contribution < 1.29 is 9.59 Å². The van der Waals surface area contributed by atoms with Gasteiger partial charge in [0.15, 0.2) is 0 Å². The number of nitrogens with one attached hydrogen (secondary N) is 2. The largest absolute Gasteiger partial charge is 0.343 e. The lowest BCUT2D eigenvalue weighted by Gasteiger charge is -2.11. The predicted molar refractivity (Wildman–Crippen MR) is 93.0 cm³/mol. The number of aryl methyl sites for hydroxylation is 2. The van der Waals surface area contributed by atoms with Gasteiger partial charge in [-0.05, 0) is 36.6 Å². The minimum atomic E-state index is -0.300. The molecule has 0 fully saturated rings. The molecule has 0 aliphatic heterocycles. The number of carbonyl (C=O) groups is 2. The SMILES string of the molecule is Cc1cccc(C)c1NC(=O)CNC(=O)/C=C/c1ccccc1. The highest BCUT2D eigenvalue weighted by Crippen LogP contribution is 2.18. The van der Waals surface area contributed by atoms with Crippen LogP contribution >= 0.6 is 0 Å². The second-order valence-corrected chi connectivity index (χ2v) is 5.28. The van der Waals surface area contributed by atoms with Crippen LogP contribution in [0.25, 0.3) is 6.08 Å². The summed E-state index contributed by atoms with van der Waals surface area (Å²) in [5, 5.41) is 5.40. The van der Waals surface area contributed by atoms with Crippen LogP contribution in [0.1, 0.15) is 16.7 Å². The molecule has 2 aromatic carbocycles. The molecule has 2 aromatic rings. The summed E-state index contributed by atoms with van der Waals surface area (Å²) in [7, 11) is 0. The highest BCUT2D eigenvalue weighted by atomic mass is 16.2. The molecule has 0 heterocycles. The lowest BCUT2D eigenvalue weighted by atomic mass is 10.1. The molecule has 0 bridgehead atoms. The van der Waals surface area contributed by atoms with Gasteiger partial charge in [0.1, 0.15) is 0 Å². The van der Waals surface area contributed by atoms with Gasteiger partial charge in [-0.2, -0.15) is 0 Å². The van der Waals surface area contributed by atoms with Gasteiger partial charge in [-0.15, -0.1) is 0 Å². The first kappa shape index (κ1) is 16.5. The van der Waals surface area contributed by atoms with E-state index in [0.717, 1.165) is 22.4 Å². The van der Waals surface area contributed by atoms with Crippen LogP contribution in [0.5, 0.6) is 0 Å². The van der Waals surface area contributed by atoms with Crippen molar-refractivity contribution in [2.45, 2.75) is 13.8 Å². The highest BCUT2D eigenvalue weighted by molar-refractivity contribution is 5.98. The fourth-order valence-corrected chi connectivity index (χ4v) is 2.16. The van der Waals surface area contributed by atoms with Crippen molar-refractivity contribution >= 4 is 23.6 Å². The molecule has 0 radical (unpaired) electrons. The fraction of sp³-hybridized carbons (Fsp3) is 0.158. The molecule has 0 saturated heterocycles. The minimum Gasteiger partial charge on any atom is -0.343 e. The summed E-state index contributed by atoms with van der Waals surface area (Å²) in [5.74, 6) is -0.547. The average Bonchev–Trinajstić information content (AvgIpc) is 2.55. The Hall–Kier alpha value is -2.88. The Labute approximate surface area is 136 Å². The van der Waals surface area contributed by atoms with Gasteiger partial charge in [-0.1, -0.05) is 48.5 Å². The van der Waals surface area contributed by atoms with E-state index in [1.54, 1.807) is 6.08 Å². The molecule has 2 amide bonds. The van der Waals surface area contributed by atoms with Crippen molar-refractivity contribution in [3.63, 3.8) is 0 Å². The number of rotatable bonds is 5. The summed E-state index contributed by atoms with van der Waals surface area (Å²) in [6.07, 6.45) is 3.13. The normalized spacial score (nSPS) is 10.5.